The Bertz CT molecular complexity index is 337. The molecule has 0 unspecified atom stereocenters. The van der Waals surface area contributed by atoms with E-state index in [-0.39, 0.29) is 0 Å². The molecule has 3 nitrogen and oxygen atoms in total. The van der Waals surface area contributed by atoms with Crippen LogP contribution in [0.4, 0.5) is 5.69 Å². The second kappa shape index (κ2) is 3.80. The topological polar surface area (TPSA) is 61.9 Å². The third-order valence-electron chi connectivity index (χ3n) is 2.11. The Balaban J connectivity index is 3.13. The van der Waals surface area contributed by atoms with E-state index in [1.807, 2.05) is 45.2 Å². The zero-order chi connectivity index (χ0) is 10.8. The summed E-state index contributed by atoms with van der Waals surface area (Å²) in [4.78, 5) is 0. The van der Waals surface area contributed by atoms with Gasteiger partial charge in [0.15, 0.2) is 0 Å². The molecule has 0 aliphatic heterocycles. The monoisotopic (exact) mass is 191 g/mol. The van der Waals surface area contributed by atoms with Gasteiger partial charge in [0.1, 0.15) is 0 Å². The third kappa shape index (κ3) is 2.12. The SMILES string of the molecule is CNc1ccccc1C(=N)C(C)(C)N. The van der Waals surface area contributed by atoms with Crippen LogP contribution >= 0.6 is 0 Å². The van der Waals surface area contributed by atoms with Crippen molar-refractivity contribution in [1.82, 2.24) is 0 Å². The Labute approximate surface area is 84.8 Å². The summed E-state index contributed by atoms with van der Waals surface area (Å²) in [7, 11) is 1.84. The Morgan fingerprint density at radius 1 is 1.36 bits per heavy atom. The second-order valence-electron chi connectivity index (χ2n) is 3.89. The van der Waals surface area contributed by atoms with Crippen LogP contribution < -0.4 is 11.1 Å². The maximum Gasteiger partial charge on any atom is 0.0600 e. The van der Waals surface area contributed by atoms with Crippen molar-refractivity contribution in [2.24, 2.45) is 5.73 Å². The quantitative estimate of drug-likeness (QED) is 0.638. The van der Waals surface area contributed by atoms with Gasteiger partial charge in [-0.25, -0.2) is 0 Å². The molecule has 0 aromatic heterocycles. The summed E-state index contributed by atoms with van der Waals surface area (Å²) >= 11 is 0. The molecule has 0 radical (unpaired) electrons. The van der Waals surface area contributed by atoms with Gasteiger partial charge in [-0.1, -0.05) is 18.2 Å². The highest BCUT2D eigenvalue weighted by molar-refractivity contribution is 6.08. The van der Waals surface area contributed by atoms with Crippen LogP contribution in [0.25, 0.3) is 0 Å². The van der Waals surface area contributed by atoms with Crippen molar-refractivity contribution in [1.29, 1.82) is 5.41 Å². The van der Waals surface area contributed by atoms with Crippen molar-refractivity contribution >= 4 is 11.4 Å². The molecule has 0 saturated heterocycles. The van der Waals surface area contributed by atoms with Crippen LogP contribution in [0.5, 0.6) is 0 Å². The molecule has 0 bridgehead atoms. The van der Waals surface area contributed by atoms with Crippen molar-refractivity contribution in [3.05, 3.63) is 29.8 Å². The van der Waals surface area contributed by atoms with Gasteiger partial charge in [0.25, 0.3) is 0 Å². The summed E-state index contributed by atoms with van der Waals surface area (Å²) in [5, 5.41) is 11.0. The minimum atomic E-state index is -0.604. The largest absolute Gasteiger partial charge is 0.388 e. The van der Waals surface area contributed by atoms with Crippen LogP contribution in [0.3, 0.4) is 0 Å². The van der Waals surface area contributed by atoms with E-state index in [4.69, 9.17) is 11.1 Å². The molecule has 0 amide bonds. The first-order chi connectivity index (χ1) is 6.46. The van der Waals surface area contributed by atoms with Gasteiger partial charge >= 0.3 is 0 Å². The van der Waals surface area contributed by atoms with Gasteiger partial charge in [0.05, 0.1) is 11.3 Å². The molecule has 0 fully saturated rings. The van der Waals surface area contributed by atoms with Crippen molar-refractivity contribution in [3.8, 4) is 0 Å². The van der Waals surface area contributed by atoms with E-state index >= 15 is 0 Å². The van der Waals surface area contributed by atoms with Crippen LogP contribution in [0.15, 0.2) is 24.3 Å². The summed E-state index contributed by atoms with van der Waals surface area (Å²) in [5.74, 6) is 0. The number of nitrogens with two attached hydrogens (primary N) is 1. The number of hydrogen-bond acceptors (Lipinski definition) is 3. The maximum atomic E-state index is 7.96. The molecule has 3 heteroatoms. The number of nitrogens with one attached hydrogen (secondary N) is 2. The predicted molar refractivity (Wildman–Crippen MR) is 61.1 cm³/mol. The summed E-state index contributed by atoms with van der Waals surface area (Å²) in [6.45, 7) is 3.67. The van der Waals surface area contributed by atoms with Crippen LogP contribution in [0.1, 0.15) is 19.4 Å². The van der Waals surface area contributed by atoms with Gasteiger partial charge in [-0.2, -0.15) is 0 Å². The lowest BCUT2D eigenvalue weighted by molar-refractivity contribution is 0.695. The number of anilines is 1. The molecule has 76 valence electrons. The van der Waals surface area contributed by atoms with Crippen LogP contribution in [0.2, 0.25) is 0 Å². The zero-order valence-electron chi connectivity index (χ0n) is 8.89. The smallest absolute Gasteiger partial charge is 0.0600 e. The Kier molecular flexibility index (Phi) is 2.91. The van der Waals surface area contributed by atoms with Gasteiger partial charge in [-0.15, -0.1) is 0 Å². The minimum absolute atomic E-state index is 0.447. The molecule has 0 atom stereocenters. The average Bonchev–Trinajstić information content (AvgIpc) is 2.15. The van der Waals surface area contributed by atoms with E-state index in [0.717, 1.165) is 11.3 Å². The molecule has 1 rings (SSSR count). The Morgan fingerprint density at radius 2 is 1.93 bits per heavy atom. The molecule has 0 saturated carbocycles. The minimum Gasteiger partial charge on any atom is -0.388 e. The lowest BCUT2D eigenvalue weighted by Gasteiger charge is -2.21. The fraction of sp³-hybridized carbons (Fsp3) is 0.364. The highest BCUT2D eigenvalue weighted by Crippen LogP contribution is 2.18. The molecule has 4 N–H and O–H groups in total. The van der Waals surface area contributed by atoms with Crippen LogP contribution in [-0.2, 0) is 0 Å². The molecule has 0 heterocycles. The van der Waals surface area contributed by atoms with Crippen molar-refractivity contribution < 1.29 is 0 Å². The second-order valence-corrected chi connectivity index (χ2v) is 3.89. The lowest BCUT2D eigenvalue weighted by atomic mass is 9.92. The summed E-state index contributed by atoms with van der Waals surface area (Å²) in [6.07, 6.45) is 0. The van der Waals surface area contributed by atoms with Gasteiger partial charge in [0.2, 0.25) is 0 Å². The number of para-hydroxylation sites is 1. The molecule has 1 aromatic rings. The maximum absolute atomic E-state index is 7.96. The first kappa shape index (κ1) is 10.7. The number of benzene rings is 1. The molecule has 0 spiro atoms. The van der Waals surface area contributed by atoms with Gasteiger partial charge in [0, 0.05) is 18.3 Å². The van der Waals surface area contributed by atoms with E-state index < -0.39 is 5.54 Å². The first-order valence-electron chi connectivity index (χ1n) is 4.62. The normalized spacial score (nSPS) is 11.1. The summed E-state index contributed by atoms with van der Waals surface area (Å²) in [6, 6.07) is 7.70. The van der Waals surface area contributed by atoms with Gasteiger partial charge < -0.3 is 16.5 Å². The van der Waals surface area contributed by atoms with Gasteiger partial charge in [-0.3, -0.25) is 0 Å². The molecule has 1 aromatic carbocycles. The van der Waals surface area contributed by atoms with E-state index in [2.05, 4.69) is 5.32 Å². The van der Waals surface area contributed by atoms with Crippen molar-refractivity contribution in [2.45, 2.75) is 19.4 Å². The predicted octanol–water partition coefficient (Wildman–Crippen LogP) is 1.83. The van der Waals surface area contributed by atoms with Gasteiger partial charge in [-0.05, 0) is 19.9 Å². The van der Waals surface area contributed by atoms with Crippen LogP contribution in [-0.4, -0.2) is 18.3 Å². The highest BCUT2D eigenvalue weighted by Gasteiger charge is 2.20. The molecule has 0 aliphatic carbocycles. The number of rotatable bonds is 3. The van der Waals surface area contributed by atoms with E-state index in [0.29, 0.717) is 5.71 Å². The fourth-order valence-electron chi connectivity index (χ4n) is 1.27. The highest BCUT2D eigenvalue weighted by atomic mass is 14.8. The number of hydrogen-bond donors (Lipinski definition) is 3. The average molecular weight is 191 g/mol. The summed E-state index contributed by atoms with van der Waals surface area (Å²) in [5.41, 5.74) is 7.53. The van der Waals surface area contributed by atoms with Crippen LogP contribution in [0, 0.1) is 5.41 Å². The standard InChI is InChI=1S/C11H17N3/c1-11(2,13)10(12)8-6-4-5-7-9(8)14-3/h4-7,12,14H,13H2,1-3H3. The van der Waals surface area contributed by atoms with E-state index in [1.54, 1.807) is 0 Å². The third-order valence-corrected chi connectivity index (χ3v) is 2.11. The lowest BCUT2D eigenvalue weighted by Crippen LogP contribution is -2.41. The molecular weight excluding hydrogens is 174 g/mol. The molecule has 14 heavy (non-hydrogen) atoms. The van der Waals surface area contributed by atoms with Crippen molar-refractivity contribution in [2.75, 3.05) is 12.4 Å². The molecular formula is C11H17N3. The fourth-order valence-corrected chi connectivity index (χ4v) is 1.27. The van der Waals surface area contributed by atoms with Crippen molar-refractivity contribution in [3.63, 3.8) is 0 Å². The molecule has 0 aliphatic rings. The zero-order valence-corrected chi connectivity index (χ0v) is 8.89. The first-order valence-corrected chi connectivity index (χ1v) is 4.62. The Hall–Kier alpha value is -1.35. The van der Waals surface area contributed by atoms with E-state index in [9.17, 15) is 0 Å². The van der Waals surface area contributed by atoms with E-state index in [1.165, 1.54) is 0 Å². The summed E-state index contributed by atoms with van der Waals surface area (Å²) < 4.78 is 0. The Morgan fingerprint density at radius 3 is 2.43 bits per heavy atom.